The molecule has 0 N–H and O–H groups in total. The van der Waals surface area contributed by atoms with Gasteiger partial charge in [-0.15, -0.1) is 0 Å². The second-order valence-electron chi connectivity index (χ2n) is 5.02. The summed E-state index contributed by atoms with van der Waals surface area (Å²) in [7, 11) is 0. The average Bonchev–Trinajstić information content (AvgIpc) is 2.58. The smallest absolute Gasteiger partial charge is 0.160 e. The second kappa shape index (κ2) is 7.53. The van der Waals surface area contributed by atoms with E-state index in [0.717, 1.165) is 20.2 Å². The summed E-state index contributed by atoms with van der Waals surface area (Å²) in [6, 6.07) is 26.3. The lowest BCUT2D eigenvalue weighted by Gasteiger charge is -2.12. The Morgan fingerprint density at radius 2 is 1.26 bits per heavy atom. The monoisotopic (exact) mass is 336 g/mol. The van der Waals surface area contributed by atoms with Crippen LogP contribution in [-0.4, -0.2) is 5.78 Å². The maximum Gasteiger partial charge on any atom is 0.160 e. The van der Waals surface area contributed by atoms with Crippen molar-refractivity contribution in [2.24, 2.45) is 0 Å². The van der Waals surface area contributed by atoms with Crippen molar-refractivity contribution in [3.63, 3.8) is 0 Å². The molecule has 0 atom stereocenters. The first-order valence-electron chi connectivity index (χ1n) is 7.34. The third kappa shape index (κ3) is 4.06. The molecular formula is C20H16OS2. The minimum Gasteiger partial charge on any atom is -0.294 e. The van der Waals surface area contributed by atoms with Gasteiger partial charge in [0.1, 0.15) is 0 Å². The molecular weight excluding hydrogens is 320 g/mol. The molecule has 0 radical (unpaired) electrons. The zero-order chi connectivity index (χ0) is 16.1. The van der Waals surface area contributed by atoms with E-state index in [1.54, 1.807) is 30.4 Å². The highest BCUT2D eigenvalue weighted by atomic mass is 32.2. The Labute approximate surface area is 145 Å². The van der Waals surface area contributed by atoms with Crippen molar-refractivity contribution >= 4 is 29.3 Å². The van der Waals surface area contributed by atoms with E-state index in [-0.39, 0.29) is 5.78 Å². The molecule has 0 amide bonds. The maximum absolute atomic E-state index is 12.0. The van der Waals surface area contributed by atoms with Crippen molar-refractivity contribution < 1.29 is 4.79 Å². The van der Waals surface area contributed by atoms with Crippen LogP contribution in [0.4, 0.5) is 0 Å². The lowest BCUT2D eigenvalue weighted by atomic mass is 10.1. The number of benzene rings is 3. The third-order valence-electron chi connectivity index (χ3n) is 3.29. The van der Waals surface area contributed by atoms with Gasteiger partial charge in [-0.05, 0) is 37.3 Å². The Morgan fingerprint density at radius 1 is 0.696 bits per heavy atom. The number of carbonyl (C=O) groups is 1. The molecule has 0 saturated heterocycles. The lowest BCUT2D eigenvalue weighted by Crippen LogP contribution is -1.96. The van der Waals surface area contributed by atoms with E-state index >= 15 is 0 Å². The predicted octanol–water partition coefficient (Wildman–Crippen LogP) is 6.19. The summed E-state index contributed by atoms with van der Waals surface area (Å²) in [5.74, 6) is 0.0962. The SMILES string of the molecule is CC(=O)c1cccc(Sc2ccccc2)c1Sc1ccccc1. The van der Waals surface area contributed by atoms with Gasteiger partial charge in [-0.1, -0.05) is 72.1 Å². The molecule has 0 saturated carbocycles. The highest BCUT2D eigenvalue weighted by molar-refractivity contribution is 8.02. The van der Waals surface area contributed by atoms with Crippen LogP contribution in [0.25, 0.3) is 0 Å². The topological polar surface area (TPSA) is 17.1 Å². The van der Waals surface area contributed by atoms with Crippen LogP contribution in [-0.2, 0) is 0 Å². The quantitative estimate of drug-likeness (QED) is 0.517. The predicted molar refractivity (Wildman–Crippen MR) is 97.6 cm³/mol. The zero-order valence-corrected chi connectivity index (χ0v) is 14.4. The summed E-state index contributed by atoms with van der Waals surface area (Å²) in [6.45, 7) is 1.63. The fraction of sp³-hybridized carbons (Fsp3) is 0.0500. The second-order valence-corrected chi connectivity index (χ2v) is 7.22. The molecule has 114 valence electrons. The van der Waals surface area contributed by atoms with Crippen LogP contribution in [0.15, 0.2) is 98.4 Å². The zero-order valence-electron chi connectivity index (χ0n) is 12.7. The van der Waals surface area contributed by atoms with E-state index in [0.29, 0.717) is 0 Å². The molecule has 23 heavy (non-hydrogen) atoms. The van der Waals surface area contributed by atoms with Gasteiger partial charge in [0.25, 0.3) is 0 Å². The summed E-state index contributed by atoms with van der Waals surface area (Å²) >= 11 is 3.34. The standard InChI is InChI=1S/C20H16OS2/c1-15(21)18-13-8-14-19(22-16-9-4-2-5-10-16)20(18)23-17-11-6-3-7-12-17/h2-14H,1H3. The lowest BCUT2D eigenvalue weighted by molar-refractivity contribution is 0.101. The fourth-order valence-electron chi connectivity index (χ4n) is 2.20. The Bertz CT molecular complexity index is 798. The summed E-state index contributed by atoms with van der Waals surface area (Å²) < 4.78 is 0. The van der Waals surface area contributed by atoms with Crippen molar-refractivity contribution in [2.75, 3.05) is 0 Å². The number of rotatable bonds is 5. The van der Waals surface area contributed by atoms with Gasteiger partial charge in [-0.2, -0.15) is 0 Å². The van der Waals surface area contributed by atoms with Crippen molar-refractivity contribution in [3.05, 3.63) is 84.4 Å². The van der Waals surface area contributed by atoms with Crippen LogP contribution >= 0.6 is 23.5 Å². The Kier molecular flexibility index (Phi) is 5.21. The van der Waals surface area contributed by atoms with Gasteiger partial charge in [0.2, 0.25) is 0 Å². The van der Waals surface area contributed by atoms with Gasteiger partial charge in [-0.3, -0.25) is 4.79 Å². The molecule has 3 aromatic carbocycles. The first kappa shape index (κ1) is 15.9. The first-order chi connectivity index (χ1) is 11.2. The molecule has 0 aliphatic rings. The maximum atomic E-state index is 12.0. The molecule has 0 aliphatic carbocycles. The first-order valence-corrected chi connectivity index (χ1v) is 8.97. The van der Waals surface area contributed by atoms with E-state index in [4.69, 9.17) is 0 Å². The minimum atomic E-state index is 0.0962. The Morgan fingerprint density at radius 3 is 1.83 bits per heavy atom. The van der Waals surface area contributed by atoms with E-state index in [9.17, 15) is 4.79 Å². The van der Waals surface area contributed by atoms with Gasteiger partial charge in [0.05, 0.1) is 0 Å². The van der Waals surface area contributed by atoms with Gasteiger partial charge < -0.3 is 0 Å². The van der Waals surface area contributed by atoms with Crippen LogP contribution in [0.1, 0.15) is 17.3 Å². The highest BCUT2D eigenvalue weighted by Crippen LogP contribution is 2.40. The highest BCUT2D eigenvalue weighted by Gasteiger charge is 2.14. The van der Waals surface area contributed by atoms with Crippen LogP contribution in [0, 0.1) is 0 Å². The van der Waals surface area contributed by atoms with Crippen molar-refractivity contribution in [1.82, 2.24) is 0 Å². The molecule has 0 spiro atoms. The number of ketones is 1. The van der Waals surface area contributed by atoms with Crippen LogP contribution in [0.3, 0.4) is 0 Å². The fourth-order valence-corrected chi connectivity index (χ4v) is 4.37. The largest absolute Gasteiger partial charge is 0.294 e. The van der Waals surface area contributed by atoms with Crippen molar-refractivity contribution in [1.29, 1.82) is 0 Å². The number of Topliss-reactive ketones (excluding diaryl/α,β-unsaturated/α-hetero) is 1. The molecule has 3 aromatic rings. The Hall–Kier alpha value is -1.97. The molecule has 0 aromatic heterocycles. The minimum absolute atomic E-state index is 0.0962. The molecule has 1 nitrogen and oxygen atoms in total. The van der Waals surface area contributed by atoms with Crippen molar-refractivity contribution in [3.8, 4) is 0 Å². The van der Waals surface area contributed by atoms with Gasteiger partial charge in [0, 0.05) is 25.1 Å². The molecule has 0 heterocycles. The summed E-state index contributed by atoms with van der Waals surface area (Å²) in [5, 5.41) is 0. The van der Waals surface area contributed by atoms with Gasteiger partial charge >= 0.3 is 0 Å². The normalized spacial score (nSPS) is 10.5. The van der Waals surface area contributed by atoms with Gasteiger partial charge in [-0.25, -0.2) is 0 Å². The van der Waals surface area contributed by atoms with Crippen molar-refractivity contribution in [2.45, 2.75) is 26.5 Å². The van der Waals surface area contributed by atoms with E-state index in [1.807, 2.05) is 48.5 Å². The van der Waals surface area contributed by atoms with Crippen LogP contribution in [0.2, 0.25) is 0 Å². The number of carbonyl (C=O) groups excluding carboxylic acids is 1. The molecule has 3 heteroatoms. The molecule has 0 fully saturated rings. The molecule has 3 rings (SSSR count). The van der Waals surface area contributed by atoms with Gasteiger partial charge in [0.15, 0.2) is 5.78 Å². The Balaban J connectivity index is 2.01. The molecule has 0 bridgehead atoms. The van der Waals surface area contributed by atoms with E-state index in [2.05, 4.69) is 30.3 Å². The van der Waals surface area contributed by atoms with Crippen LogP contribution < -0.4 is 0 Å². The summed E-state index contributed by atoms with van der Waals surface area (Å²) in [5.41, 5.74) is 0.778. The molecule has 0 aliphatic heterocycles. The third-order valence-corrected chi connectivity index (χ3v) is 5.64. The molecule has 0 unspecified atom stereocenters. The summed E-state index contributed by atoms with van der Waals surface area (Å²) in [4.78, 5) is 16.5. The number of hydrogen-bond acceptors (Lipinski definition) is 3. The van der Waals surface area contributed by atoms with E-state index in [1.165, 1.54) is 4.90 Å². The average molecular weight is 336 g/mol. The summed E-state index contributed by atoms with van der Waals surface area (Å²) in [6.07, 6.45) is 0. The van der Waals surface area contributed by atoms with E-state index < -0.39 is 0 Å². The van der Waals surface area contributed by atoms with Crippen LogP contribution in [0.5, 0.6) is 0 Å². The number of hydrogen-bond donors (Lipinski definition) is 0.